The highest BCUT2D eigenvalue weighted by Crippen LogP contribution is 2.30. The number of thiazole rings is 1. The van der Waals surface area contributed by atoms with Crippen molar-refractivity contribution in [1.82, 2.24) is 9.88 Å². The molecular weight excluding hydrogens is 254 g/mol. The molecule has 1 aromatic rings. The first-order valence-corrected chi connectivity index (χ1v) is 8.25. The summed E-state index contributed by atoms with van der Waals surface area (Å²) in [4.78, 5) is 8.64. The molecule has 0 saturated carbocycles. The smallest absolute Gasteiger partial charge is 0.107 e. The number of piperidine rings is 1. The molecule has 0 aliphatic carbocycles. The standard InChI is InChI=1S/C15H27N3S/c1-5-12-14(15(3,4)16)19-13(17-12)10-18-9-7-6-8-11(18)2/h11H,5-10,16H2,1-4H3. The lowest BCUT2D eigenvalue weighted by Gasteiger charge is -2.32. The lowest BCUT2D eigenvalue weighted by molar-refractivity contribution is 0.152. The van der Waals surface area contributed by atoms with Crippen LogP contribution in [0.15, 0.2) is 0 Å². The first-order valence-electron chi connectivity index (χ1n) is 7.43. The van der Waals surface area contributed by atoms with E-state index in [2.05, 4.69) is 32.6 Å². The Balaban J connectivity index is 2.15. The van der Waals surface area contributed by atoms with Gasteiger partial charge in [-0.05, 0) is 46.6 Å². The summed E-state index contributed by atoms with van der Waals surface area (Å²) in [5.74, 6) is 0. The number of nitrogens with zero attached hydrogens (tertiary/aromatic N) is 2. The van der Waals surface area contributed by atoms with Gasteiger partial charge in [-0.2, -0.15) is 0 Å². The van der Waals surface area contributed by atoms with Crippen LogP contribution in [-0.2, 0) is 18.5 Å². The molecule has 1 fully saturated rings. The molecule has 0 aromatic carbocycles. The minimum atomic E-state index is -0.269. The maximum atomic E-state index is 6.26. The Hall–Kier alpha value is -0.450. The van der Waals surface area contributed by atoms with Crippen molar-refractivity contribution >= 4 is 11.3 Å². The van der Waals surface area contributed by atoms with Gasteiger partial charge in [0.15, 0.2) is 0 Å². The van der Waals surface area contributed by atoms with Crippen LogP contribution in [0, 0.1) is 0 Å². The summed E-state index contributed by atoms with van der Waals surface area (Å²) in [6.45, 7) is 10.9. The number of nitrogens with two attached hydrogens (primary N) is 1. The predicted octanol–water partition coefficient (Wildman–Crippen LogP) is 3.27. The minimum Gasteiger partial charge on any atom is -0.321 e. The monoisotopic (exact) mass is 281 g/mol. The van der Waals surface area contributed by atoms with Crippen LogP contribution in [0.1, 0.15) is 62.5 Å². The van der Waals surface area contributed by atoms with E-state index in [1.54, 1.807) is 0 Å². The third kappa shape index (κ3) is 3.56. The fourth-order valence-corrected chi connectivity index (χ4v) is 3.97. The van der Waals surface area contributed by atoms with Crippen molar-refractivity contribution in [3.63, 3.8) is 0 Å². The Bertz CT molecular complexity index is 420. The van der Waals surface area contributed by atoms with E-state index >= 15 is 0 Å². The van der Waals surface area contributed by atoms with Crippen molar-refractivity contribution in [2.45, 2.75) is 71.5 Å². The van der Waals surface area contributed by atoms with Gasteiger partial charge in [-0.15, -0.1) is 11.3 Å². The molecule has 1 aliphatic rings. The van der Waals surface area contributed by atoms with Crippen LogP contribution < -0.4 is 5.73 Å². The van der Waals surface area contributed by atoms with Gasteiger partial charge in [-0.25, -0.2) is 4.98 Å². The summed E-state index contributed by atoms with van der Waals surface area (Å²) >= 11 is 1.81. The largest absolute Gasteiger partial charge is 0.321 e. The molecule has 1 aliphatic heterocycles. The molecule has 1 atom stereocenters. The van der Waals surface area contributed by atoms with Gasteiger partial charge in [0.1, 0.15) is 5.01 Å². The van der Waals surface area contributed by atoms with Crippen LogP contribution in [0.4, 0.5) is 0 Å². The SMILES string of the molecule is CCc1nc(CN2CCCCC2C)sc1C(C)(C)N. The molecule has 1 unspecified atom stereocenters. The van der Waals surface area contributed by atoms with Gasteiger partial charge in [-0.3, -0.25) is 4.90 Å². The molecule has 4 heteroatoms. The van der Waals surface area contributed by atoms with Gasteiger partial charge in [-0.1, -0.05) is 13.3 Å². The van der Waals surface area contributed by atoms with E-state index in [-0.39, 0.29) is 5.54 Å². The molecule has 19 heavy (non-hydrogen) atoms. The number of rotatable bonds is 4. The first-order chi connectivity index (χ1) is 8.91. The molecule has 0 bridgehead atoms. The molecule has 0 spiro atoms. The van der Waals surface area contributed by atoms with E-state index in [9.17, 15) is 0 Å². The second-order valence-electron chi connectivity index (χ2n) is 6.27. The summed E-state index contributed by atoms with van der Waals surface area (Å²) in [6, 6.07) is 0.692. The minimum absolute atomic E-state index is 0.269. The van der Waals surface area contributed by atoms with Gasteiger partial charge < -0.3 is 5.73 Å². The normalized spacial score (nSPS) is 21.8. The lowest BCUT2D eigenvalue weighted by atomic mass is 10.0. The Morgan fingerprint density at radius 1 is 1.42 bits per heavy atom. The number of likely N-dealkylation sites (tertiary alicyclic amines) is 1. The summed E-state index contributed by atoms with van der Waals surface area (Å²) in [6.07, 6.45) is 4.99. The predicted molar refractivity (Wildman–Crippen MR) is 82.4 cm³/mol. The van der Waals surface area contributed by atoms with Crippen molar-refractivity contribution in [3.05, 3.63) is 15.6 Å². The zero-order valence-electron chi connectivity index (χ0n) is 12.7. The first kappa shape index (κ1) is 14.9. The topological polar surface area (TPSA) is 42.2 Å². The van der Waals surface area contributed by atoms with E-state index in [4.69, 9.17) is 10.7 Å². The number of aryl methyl sites for hydroxylation is 1. The molecule has 108 valence electrons. The van der Waals surface area contributed by atoms with Crippen LogP contribution in [0.5, 0.6) is 0 Å². The summed E-state index contributed by atoms with van der Waals surface area (Å²) in [5, 5.41) is 1.24. The molecule has 0 amide bonds. The lowest BCUT2D eigenvalue weighted by Crippen LogP contribution is -2.36. The Kier molecular flexibility index (Phi) is 4.64. The second-order valence-corrected chi connectivity index (χ2v) is 7.36. The van der Waals surface area contributed by atoms with Gasteiger partial charge >= 0.3 is 0 Å². The number of hydrogen-bond acceptors (Lipinski definition) is 4. The van der Waals surface area contributed by atoms with E-state index in [0.29, 0.717) is 6.04 Å². The Morgan fingerprint density at radius 3 is 2.68 bits per heavy atom. The van der Waals surface area contributed by atoms with Gasteiger partial charge in [0.05, 0.1) is 12.2 Å². The molecule has 2 N–H and O–H groups in total. The highest BCUT2D eigenvalue weighted by Gasteiger charge is 2.25. The highest BCUT2D eigenvalue weighted by molar-refractivity contribution is 7.11. The fourth-order valence-electron chi connectivity index (χ4n) is 2.78. The summed E-state index contributed by atoms with van der Waals surface area (Å²) in [5.41, 5.74) is 7.19. The molecular formula is C15H27N3S. The molecule has 2 rings (SSSR count). The number of aromatic nitrogens is 1. The fraction of sp³-hybridized carbons (Fsp3) is 0.800. The average Bonchev–Trinajstić information content (AvgIpc) is 2.75. The molecule has 2 heterocycles. The van der Waals surface area contributed by atoms with Crippen molar-refractivity contribution in [2.75, 3.05) is 6.54 Å². The number of hydrogen-bond donors (Lipinski definition) is 1. The van der Waals surface area contributed by atoms with E-state index in [0.717, 1.165) is 13.0 Å². The highest BCUT2D eigenvalue weighted by atomic mass is 32.1. The van der Waals surface area contributed by atoms with Crippen LogP contribution in [-0.4, -0.2) is 22.5 Å². The van der Waals surface area contributed by atoms with Crippen LogP contribution >= 0.6 is 11.3 Å². The van der Waals surface area contributed by atoms with Crippen molar-refractivity contribution in [2.24, 2.45) is 5.73 Å². The van der Waals surface area contributed by atoms with Gasteiger partial charge in [0, 0.05) is 16.5 Å². The third-order valence-electron chi connectivity index (χ3n) is 3.94. The van der Waals surface area contributed by atoms with E-state index in [1.807, 2.05) is 11.3 Å². The zero-order chi connectivity index (χ0) is 14.0. The maximum Gasteiger partial charge on any atom is 0.107 e. The average molecular weight is 281 g/mol. The van der Waals surface area contributed by atoms with E-state index in [1.165, 1.54) is 41.4 Å². The molecule has 1 aromatic heterocycles. The van der Waals surface area contributed by atoms with Crippen molar-refractivity contribution < 1.29 is 0 Å². The maximum absolute atomic E-state index is 6.26. The van der Waals surface area contributed by atoms with Gasteiger partial charge in [0.25, 0.3) is 0 Å². The summed E-state index contributed by atoms with van der Waals surface area (Å²) in [7, 11) is 0. The molecule has 1 saturated heterocycles. The third-order valence-corrected chi connectivity index (χ3v) is 5.36. The zero-order valence-corrected chi connectivity index (χ0v) is 13.5. The second kappa shape index (κ2) is 5.90. The van der Waals surface area contributed by atoms with E-state index < -0.39 is 0 Å². The van der Waals surface area contributed by atoms with Crippen molar-refractivity contribution in [3.8, 4) is 0 Å². The summed E-state index contributed by atoms with van der Waals surface area (Å²) < 4.78 is 0. The van der Waals surface area contributed by atoms with Crippen LogP contribution in [0.2, 0.25) is 0 Å². The molecule has 3 nitrogen and oxygen atoms in total. The van der Waals surface area contributed by atoms with Crippen LogP contribution in [0.3, 0.4) is 0 Å². The van der Waals surface area contributed by atoms with Gasteiger partial charge in [0.2, 0.25) is 0 Å². The van der Waals surface area contributed by atoms with Crippen LogP contribution in [0.25, 0.3) is 0 Å². The Morgan fingerprint density at radius 2 is 2.16 bits per heavy atom. The Labute approximate surface area is 121 Å². The quantitative estimate of drug-likeness (QED) is 0.921. The van der Waals surface area contributed by atoms with Crippen molar-refractivity contribution in [1.29, 1.82) is 0 Å². The molecule has 0 radical (unpaired) electrons.